The molecule has 8 heteroatoms. The number of carbonyl (C=O) groups is 2. The quantitative estimate of drug-likeness (QED) is 0.370. The molecule has 0 bridgehead atoms. The Bertz CT molecular complexity index is 872. The molecule has 0 radical (unpaired) electrons. The second-order valence-corrected chi connectivity index (χ2v) is 7.01. The Morgan fingerprint density at radius 1 is 1.31 bits per heavy atom. The summed E-state index contributed by atoms with van der Waals surface area (Å²) in [6, 6.07) is 5.07. The van der Waals surface area contributed by atoms with Crippen molar-refractivity contribution in [2.75, 3.05) is 20.3 Å². The van der Waals surface area contributed by atoms with Crippen molar-refractivity contribution >= 4 is 22.8 Å². The number of aromatic nitrogens is 2. The van der Waals surface area contributed by atoms with Gasteiger partial charge < -0.3 is 14.2 Å². The van der Waals surface area contributed by atoms with Crippen LogP contribution in [0.3, 0.4) is 0 Å². The Kier molecular flexibility index (Phi) is 8.21. The van der Waals surface area contributed by atoms with E-state index in [0.29, 0.717) is 17.9 Å². The van der Waals surface area contributed by atoms with E-state index in [0.717, 1.165) is 10.9 Å². The molecule has 1 heterocycles. The fourth-order valence-corrected chi connectivity index (χ4v) is 2.91. The molecule has 0 aliphatic heterocycles. The number of benzene rings is 1. The smallest absolute Gasteiger partial charge is 0.334 e. The van der Waals surface area contributed by atoms with E-state index in [-0.39, 0.29) is 25.0 Å². The van der Waals surface area contributed by atoms with E-state index in [1.165, 1.54) is 13.2 Å². The number of esters is 2. The van der Waals surface area contributed by atoms with Crippen LogP contribution in [-0.2, 0) is 26.1 Å². The van der Waals surface area contributed by atoms with Crippen LogP contribution >= 0.6 is 0 Å². The lowest BCUT2D eigenvalue weighted by Gasteiger charge is -2.19. The third kappa shape index (κ3) is 6.32. The molecule has 0 aliphatic rings. The lowest BCUT2D eigenvalue weighted by Crippen LogP contribution is -2.40. The highest BCUT2D eigenvalue weighted by molar-refractivity contribution is 5.86. The van der Waals surface area contributed by atoms with Gasteiger partial charge in [0, 0.05) is 7.05 Å². The molecule has 0 saturated carbocycles. The van der Waals surface area contributed by atoms with E-state index in [9.17, 15) is 9.59 Å². The van der Waals surface area contributed by atoms with Crippen LogP contribution in [0.25, 0.3) is 10.9 Å². The summed E-state index contributed by atoms with van der Waals surface area (Å²) in [4.78, 5) is 24.1. The average Bonchev–Trinajstić information content (AvgIpc) is 3.06. The topological polar surface area (TPSA) is 91.7 Å². The second-order valence-electron chi connectivity index (χ2n) is 7.01. The molecule has 2 rings (SSSR count). The Labute approximate surface area is 170 Å². The summed E-state index contributed by atoms with van der Waals surface area (Å²) in [5, 5.41) is 8.19. The summed E-state index contributed by atoms with van der Waals surface area (Å²) in [5.74, 6) is 0.308. The van der Waals surface area contributed by atoms with Gasteiger partial charge in [-0.3, -0.25) is 14.8 Å². The van der Waals surface area contributed by atoms with Crippen LogP contribution in [0.4, 0.5) is 0 Å². The largest absolute Gasteiger partial charge is 0.468 e. The van der Waals surface area contributed by atoms with Gasteiger partial charge in [0.2, 0.25) is 0 Å². The predicted molar refractivity (Wildman–Crippen MR) is 109 cm³/mol. The van der Waals surface area contributed by atoms with Gasteiger partial charge in [-0.05, 0) is 31.4 Å². The van der Waals surface area contributed by atoms with Gasteiger partial charge in [-0.25, -0.2) is 4.79 Å². The van der Waals surface area contributed by atoms with Crippen LogP contribution in [-0.4, -0.2) is 48.0 Å². The van der Waals surface area contributed by atoms with Crippen molar-refractivity contribution in [3.8, 4) is 5.75 Å². The van der Waals surface area contributed by atoms with Gasteiger partial charge in [-0.2, -0.15) is 5.10 Å². The normalized spacial score (nSPS) is 12.8. The molecule has 0 fully saturated rings. The average molecular weight is 403 g/mol. The van der Waals surface area contributed by atoms with Crippen LogP contribution in [0.15, 0.2) is 36.2 Å². The number of carbonyl (C=O) groups excluding carboxylic acids is 2. The number of hydrogen-bond acceptors (Lipinski definition) is 7. The van der Waals surface area contributed by atoms with Gasteiger partial charge in [0.1, 0.15) is 17.6 Å². The number of fused-ring (bicyclic) bond motifs is 1. The predicted octanol–water partition coefficient (Wildman–Crippen LogP) is 2.58. The first-order valence-electron chi connectivity index (χ1n) is 9.62. The first kappa shape index (κ1) is 22.4. The second kappa shape index (κ2) is 10.6. The zero-order valence-electron chi connectivity index (χ0n) is 17.6. The Balaban J connectivity index is 2.24. The molecule has 0 unspecified atom stereocenters. The molecule has 1 N–H and O–H groups in total. The van der Waals surface area contributed by atoms with Crippen molar-refractivity contribution in [2.45, 2.75) is 33.2 Å². The Morgan fingerprint density at radius 2 is 2.07 bits per heavy atom. The SMILES string of the molecule is CCOC(=O)/C=C(\CN[C@@H](CC(C)C)C(=O)OC)Oc1cccc2c1cnn2C. The maximum Gasteiger partial charge on any atom is 0.334 e. The minimum absolute atomic E-state index is 0.155. The van der Waals surface area contributed by atoms with E-state index < -0.39 is 12.0 Å². The third-order valence-corrected chi connectivity index (χ3v) is 4.27. The van der Waals surface area contributed by atoms with E-state index in [4.69, 9.17) is 14.2 Å². The Hall–Kier alpha value is -2.87. The van der Waals surface area contributed by atoms with E-state index in [1.807, 2.05) is 33.0 Å². The molecule has 158 valence electrons. The standard InChI is InChI=1S/C21H29N3O5/c1-6-28-20(25)11-15(12-22-17(10-14(2)3)21(26)27-5)29-19-9-7-8-18-16(19)13-23-24(18)4/h7-9,11,13-14,17,22H,6,10,12H2,1-5H3/b15-11+/t17-/m0/s1. The maximum atomic E-state index is 12.1. The lowest BCUT2D eigenvalue weighted by atomic mass is 10.0. The maximum absolute atomic E-state index is 12.1. The molecule has 0 spiro atoms. The number of aryl methyl sites for hydroxylation is 1. The van der Waals surface area contributed by atoms with Crippen LogP contribution in [0.1, 0.15) is 27.2 Å². The lowest BCUT2D eigenvalue weighted by molar-refractivity contribution is -0.143. The molecule has 1 atom stereocenters. The zero-order chi connectivity index (χ0) is 21.4. The fourth-order valence-electron chi connectivity index (χ4n) is 2.91. The molecule has 8 nitrogen and oxygen atoms in total. The summed E-state index contributed by atoms with van der Waals surface area (Å²) in [7, 11) is 3.20. The Morgan fingerprint density at radius 3 is 2.72 bits per heavy atom. The summed E-state index contributed by atoms with van der Waals surface area (Å²) in [6.45, 7) is 6.18. The van der Waals surface area contributed by atoms with Crippen LogP contribution in [0.5, 0.6) is 5.75 Å². The molecular weight excluding hydrogens is 374 g/mol. The number of hydrogen-bond donors (Lipinski definition) is 1. The van der Waals surface area contributed by atoms with E-state index in [2.05, 4.69) is 10.4 Å². The molecule has 29 heavy (non-hydrogen) atoms. The van der Waals surface area contributed by atoms with Gasteiger partial charge in [0.15, 0.2) is 0 Å². The number of methoxy groups -OCH3 is 1. The molecule has 2 aromatic rings. The zero-order valence-corrected chi connectivity index (χ0v) is 17.6. The van der Waals surface area contributed by atoms with Gasteiger partial charge in [0.05, 0.1) is 43.4 Å². The highest BCUT2D eigenvalue weighted by Crippen LogP contribution is 2.26. The van der Waals surface area contributed by atoms with E-state index in [1.54, 1.807) is 23.9 Å². The monoisotopic (exact) mass is 403 g/mol. The summed E-state index contributed by atoms with van der Waals surface area (Å²) < 4.78 is 17.7. The number of nitrogens with one attached hydrogen (secondary N) is 1. The number of rotatable bonds is 10. The first-order chi connectivity index (χ1) is 13.8. The number of nitrogens with zero attached hydrogens (tertiary/aromatic N) is 2. The van der Waals surface area contributed by atoms with Gasteiger partial charge >= 0.3 is 11.9 Å². The van der Waals surface area contributed by atoms with Crippen molar-refractivity contribution in [3.05, 3.63) is 36.2 Å². The minimum Gasteiger partial charge on any atom is -0.468 e. The summed E-state index contributed by atoms with van der Waals surface area (Å²) in [6.07, 6.45) is 3.59. The third-order valence-electron chi connectivity index (χ3n) is 4.27. The molecule has 1 aromatic heterocycles. The van der Waals surface area contributed by atoms with Crippen molar-refractivity contribution in [3.63, 3.8) is 0 Å². The van der Waals surface area contributed by atoms with Crippen LogP contribution < -0.4 is 10.1 Å². The minimum atomic E-state index is -0.513. The number of ether oxygens (including phenoxy) is 3. The van der Waals surface area contributed by atoms with Crippen molar-refractivity contribution in [1.29, 1.82) is 0 Å². The van der Waals surface area contributed by atoms with Crippen LogP contribution in [0, 0.1) is 5.92 Å². The molecule has 0 amide bonds. The highest BCUT2D eigenvalue weighted by Gasteiger charge is 2.21. The molecular formula is C21H29N3O5. The van der Waals surface area contributed by atoms with Crippen molar-refractivity contribution in [1.82, 2.24) is 15.1 Å². The summed E-state index contributed by atoms with van der Waals surface area (Å²) in [5.41, 5.74) is 0.901. The molecule has 1 aromatic carbocycles. The van der Waals surface area contributed by atoms with Gasteiger partial charge in [0.25, 0.3) is 0 Å². The molecule has 0 saturated heterocycles. The first-order valence-corrected chi connectivity index (χ1v) is 9.62. The fraction of sp³-hybridized carbons (Fsp3) is 0.476. The molecule has 0 aliphatic carbocycles. The van der Waals surface area contributed by atoms with E-state index >= 15 is 0 Å². The van der Waals surface area contributed by atoms with Gasteiger partial charge in [-0.1, -0.05) is 19.9 Å². The highest BCUT2D eigenvalue weighted by atomic mass is 16.5. The summed E-state index contributed by atoms with van der Waals surface area (Å²) >= 11 is 0. The van der Waals surface area contributed by atoms with Crippen molar-refractivity contribution < 1.29 is 23.8 Å². The van der Waals surface area contributed by atoms with Gasteiger partial charge in [-0.15, -0.1) is 0 Å². The van der Waals surface area contributed by atoms with Crippen molar-refractivity contribution in [2.24, 2.45) is 13.0 Å². The van der Waals surface area contributed by atoms with Crippen LogP contribution in [0.2, 0.25) is 0 Å².